The van der Waals surface area contributed by atoms with Crippen molar-refractivity contribution in [3.63, 3.8) is 0 Å². The third-order valence-electron chi connectivity index (χ3n) is 2.27. The summed E-state index contributed by atoms with van der Waals surface area (Å²) in [6.45, 7) is 3.94. The third kappa shape index (κ3) is 1.54. The number of carbonyl (C=O) groups is 1. The van der Waals surface area contributed by atoms with Crippen LogP contribution in [0.3, 0.4) is 0 Å². The van der Waals surface area contributed by atoms with Gasteiger partial charge in [-0.05, 0) is 32.1 Å². The highest BCUT2D eigenvalue weighted by Gasteiger charge is 2.23. The summed E-state index contributed by atoms with van der Waals surface area (Å²) in [6.07, 6.45) is 3.52. The maximum atomic E-state index is 10.8. The number of hydrogen-bond donors (Lipinski definition) is 0. The van der Waals surface area contributed by atoms with Crippen molar-refractivity contribution in [2.45, 2.75) is 33.1 Å². The molecule has 0 aromatic carbocycles. The lowest BCUT2D eigenvalue weighted by Crippen LogP contribution is -2.05. The van der Waals surface area contributed by atoms with Gasteiger partial charge < -0.3 is 0 Å². The molecule has 0 amide bonds. The van der Waals surface area contributed by atoms with Crippen LogP contribution in [0.15, 0.2) is 0 Å². The van der Waals surface area contributed by atoms with Crippen molar-refractivity contribution in [1.82, 2.24) is 0 Å². The maximum absolute atomic E-state index is 10.8. The first kappa shape index (κ1) is 6.79. The third-order valence-corrected chi connectivity index (χ3v) is 2.27. The van der Waals surface area contributed by atoms with Crippen LogP contribution >= 0.6 is 0 Å². The summed E-state index contributed by atoms with van der Waals surface area (Å²) in [5.41, 5.74) is 0. The van der Waals surface area contributed by atoms with Crippen LogP contribution in [0.2, 0.25) is 0 Å². The van der Waals surface area contributed by atoms with E-state index in [9.17, 15) is 4.79 Å². The molecule has 0 aromatic heterocycles. The minimum Gasteiger partial charge on any atom is -0.300 e. The first-order chi connectivity index (χ1) is 4.20. The molecular formula is C8H14O. The van der Waals surface area contributed by atoms with Gasteiger partial charge in [-0.25, -0.2) is 0 Å². The highest BCUT2D eigenvalue weighted by molar-refractivity contribution is 5.78. The van der Waals surface area contributed by atoms with E-state index in [0.717, 1.165) is 18.8 Å². The molecule has 0 spiro atoms. The second-order valence-corrected chi connectivity index (χ2v) is 3.23. The van der Waals surface area contributed by atoms with E-state index in [1.165, 1.54) is 6.42 Å². The SMILES string of the molecule is CC(=O)[C@@H]1CC[C@@H](C)C1. The van der Waals surface area contributed by atoms with Crippen LogP contribution < -0.4 is 0 Å². The largest absolute Gasteiger partial charge is 0.300 e. The van der Waals surface area contributed by atoms with E-state index >= 15 is 0 Å². The monoisotopic (exact) mass is 126 g/mol. The molecule has 1 aliphatic carbocycles. The van der Waals surface area contributed by atoms with Crippen molar-refractivity contribution in [2.75, 3.05) is 0 Å². The second kappa shape index (κ2) is 2.51. The fourth-order valence-corrected chi connectivity index (χ4v) is 1.58. The molecule has 9 heavy (non-hydrogen) atoms. The lowest BCUT2D eigenvalue weighted by atomic mass is 10.0. The topological polar surface area (TPSA) is 17.1 Å². The van der Waals surface area contributed by atoms with E-state index in [2.05, 4.69) is 6.92 Å². The van der Waals surface area contributed by atoms with E-state index in [4.69, 9.17) is 0 Å². The lowest BCUT2D eigenvalue weighted by molar-refractivity contribution is -0.120. The van der Waals surface area contributed by atoms with Crippen molar-refractivity contribution in [2.24, 2.45) is 11.8 Å². The minimum absolute atomic E-state index is 0.388. The average molecular weight is 126 g/mol. The zero-order valence-electron chi connectivity index (χ0n) is 6.18. The summed E-state index contributed by atoms with van der Waals surface area (Å²) < 4.78 is 0. The number of ketones is 1. The number of Topliss-reactive ketones (excluding diaryl/α,β-unsaturated/α-hetero) is 1. The maximum Gasteiger partial charge on any atom is 0.132 e. The molecule has 52 valence electrons. The standard InChI is InChI=1S/C8H14O/c1-6-3-4-8(5-6)7(2)9/h6,8H,3-5H2,1-2H3/t6-,8-/m1/s1. The molecule has 0 N–H and O–H groups in total. The van der Waals surface area contributed by atoms with Gasteiger partial charge in [-0.2, -0.15) is 0 Å². The first-order valence-electron chi connectivity index (χ1n) is 3.70. The average Bonchev–Trinajstić information content (AvgIpc) is 2.14. The molecule has 0 bridgehead atoms. The van der Waals surface area contributed by atoms with Gasteiger partial charge in [0.25, 0.3) is 0 Å². The van der Waals surface area contributed by atoms with Gasteiger partial charge in [-0.15, -0.1) is 0 Å². The van der Waals surface area contributed by atoms with Gasteiger partial charge in [-0.1, -0.05) is 6.92 Å². The van der Waals surface area contributed by atoms with Crippen LogP contribution in [0, 0.1) is 11.8 Å². The highest BCUT2D eigenvalue weighted by Crippen LogP contribution is 2.30. The minimum atomic E-state index is 0.388. The Morgan fingerprint density at radius 1 is 1.44 bits per heavy atom. The quantitative estimate of drug-likeness (QED) is 0.525. The Kier molecular flexibility index (Phi) is 1.89. The first-order valence-corrected chi connectivity index (χ1v) is 3.70. The molecule has 0 saturated heterocycles. The van der Waals surface area contributed by atoms with E-state index < -0.39 is 0 Å². The molecule has 1 fully saturated rings. The number of carbonyl (C=O) groups excluding carboxylic acids is 1. The van der Waals surface area contributed by atoms with Crippen LogP contribution in [0.5, 0.6) is 0 Å². The van der Waals surface area contributed by atoms with Crippen molar-refractivity contribution in [3.05, 3.63) is 0 Å². The highest BCUT2D eigenvalue weighted by atomic mass is 16.1. The van der Waals surface area contributed by atoms with Gasteiger partial charge in [0, 0.05) is 5.92 Å². The molecule has 1 aliphatic rings. The molecule has 1 rings (SSSR count). The summed E-state index contributed by atoms with van der Waals surface area (Å²) in [5.74, 6) is 1.58. The molecule has 1 saturated carbocycles. The predicted octanol–water partition coefficient (Wildman–Crippen LogP) is 2.01. The summed E-state index contributed by atoms with van der Waals surface area (Å²) in [4.78, 5) is 10.8. The molecule has 1 heteroatoms. The van der Waals surface area contributed by atoms with Crippen molar-refractivity contribution >= 4 is 5.78 Å². The molecular weight excluding hydrogens is 112 g/mol. The van der Waals surface area contributed by atoms with Gasteiger partial charge in [0.2, 0.25) is 0 Å². The van der Waals surface area contributed by atoms with Gasteiger partial charge >= 0.3 is 0 Å². The van der Waals surface area contributed by atoms with Gasteiger partial charge in [0.1, 0.15) is 5.78 Å². The Morgan fingerprint density at radius 3 is 2.33 bits per heavy atom. The number of rotatable bonds is 1. The van der Waals surface area contributed by atoms with Crippen LogP contribution in [0.4, 0.5) is 0 Å². The van der Waals surface area contributed by atoms with Crippen LogP contribution in [0.25, 0.3) is 0 Å². The molecule has 2 atom stereocenters. The summed E-state index contributed by atoms with van der Waals surface area (Å²) in [6, 6.07) is 0. The van der Waals surface area contributed by atoms with Crippen LogP contribution in [-0.2, 0) is 4.79 Å². The fourth-order valence-electron chi connectivity index (χ4n) is 1.58. The fraction of sp³-hybridized carbons (Fsp3) is 0.875. The molecule has 0 aliphatic heterocycles. The van der Waals surface area contributed by atoms with E-state index in [0.29, 0.717) is 11.7 Å². The molecule has 1 nitrogen and oxygen atoms in total. The van der Waals surface area contributed by atoms with Crippen LogP contribution in [-0.4, -0.2) is 5.78 Å². The van der Waals surface area contributed by atoms with Crippen molar-refractivity contribution < 1.29 is 4.79 Å². The van der Waals surface area contributed by atoms with E-state index in [1.807, 2.05) is 0 Å². The predicted molar refractivity (Wildman–Crippen MR) is 37.2 cm³/mol. The zero-order valence-corrected chi connectivity index (χ0v) is 6.18. The molecule has 0 unspecified atom stereocenters. The smallest absolute Gasteiger partial charge is 0.132 e. The molecule has 0 aromatic rings. The summed E-state index contributed by atoms with van der Waals surface area (Å²) in [7, 11) is 0. The van der Waals surface area contributed by atoms with Gasteiger partial charge in [-0.3, -0.25) is 4.79 Å². The summed E-state index contributed by atoms with van der Waals surface area (Å²) in [5, 5.41) is 0. The Balaban J connectivity index is 2.39. The molecule has 0 radical (unpaired) electrons. The Labute approximate surface area is 56.4 Å². The van der Waals surface area contributed by atoms with Gasteiger partial charge in [0.05, 0.1) is 0 Å². The van der Waals surface area contributed by atoms with E-state index in [1.54, 1.807) is 6.92 Å². The Bertz CT molecular complexity index is 118. The van der Waals surface area contributed by atoms with E-state index in [-0.39, 0.29) is 0 Å². The van der Waals surface area contributed by atoms with Gasteiger partial charge in [0.15, 0.2) is 0 Å². The Morgan fingerprint density at radius 2 is 2.11 bits per heavy atom. The lowest BCUT2D eigenvalue weighted by Gasteiger charge is -2.01. The molecule has 0 heterocycles. The van der Waals surface area contributed by atoms with Crippen LogP contribution in [0.1, 0.15) is 33.1 Å². The Hall–Kier alpha value is -0.330. The summed E-state index contributed by atoms with van der Waals surface area (Å²) >= 11 is 0. The normalized spacial score (nSPS) is 34.9. The number of hydrogen-bond acceptors (Lipinski definition) is 1. The van der Waals surface area contributed by atoms with Crippen molar-refractivity contribution in [1.29, 1.82) is 0 Å². The second-order valence-electron chi connectivity index (χ2n) is 3.23. The van der Waals surface area contributed by atoms with Crippen molar-refractivity contribution in [3.8, 4) is 0 Å². The zero-order chi connectivity index (χ0) is 6.85.